The summed E-state index contributed by atoms with van der Waals surface area (Å²) in [4.78, 5) is 9.19. The molecule has 2 rings (SSSR count). The lowest BCUT2D eigenvalue weighted by atomic mass is 10.2. The third-order valence-corrected chi connectivity index (χ3v) is 3.65. The molecule has 17 heavy (non-hydrogen) atoms. The number of hydrogen-bond acceptors (Lipinski definition) is 6. The van der Waals surface area contributed by atoms with Gasteiger partial charge >= 0.3 is 0 Å². The molecule has 0 aromatic carbocycles. The SMILES string of the molecule is C[C@@H](CO)O[C@H](C)c1scc2c(N)ncnc12. The van der Waals surface area contributed by atoms with Crippen LogP contribution in [0.1, 0.15) is 24.8 Å². The zero-order valence-corrected chi connectivity index (χ0v) is 10.6. The van der Waals surface area contributed by atoms with Crippen molar-refractivity contribution in [3.8, 4) is 0 Å². The van der Waals surface area contributed by atoms with Gasteiger partial charge < -0.3 is 15.6 Å². The van der Waals surface area contributed by atoms with E-state index in [1.165, 1.54) is 6.33 Å². The summed E-state index contributed by atoms with van der Waals surface area (Å²) in [5.74, 6) is 0.486. The van der Waals surface area contributed by atoms with Crippen LogP contribution in [0, 0.1) is 0 Å². The molecule has 0 saturated heterocycles. The molecule has 0 amide bonds. The van der Waals surface area contributed by atoms with Crippen LogP contribution in [0.2, 0.25) is 0 Å². The van der Waals surface area contributed by atoms with Crippen molar-refractivity contribution in [1.82, 2.24) is 9.97 Å². The van der Waals surface area contributed by atoms with Gasteiger partial charge in [-0.05, 0) is 13.8 Å². The average Bonchev–Trinajstić information content (AvgIpc) is 2.74. The second-order valence-electron chi connectivity index (χ2n) is 3.89. The number of nitrogens with zero attached hydrogens (tertiary/aromatic N) is 2. The third kappa shape index (κ3) is 2.38. The van der Waals surface area contributed by atoms with Crippen molar-refractivity contribution in [1.29, 1.82) is 0 Å². The predicted molar refractivity (Wildman–Crippen MR) is 67.9 cm³/mol. The predicted octanol–water partition coefficient (Wildman–Crippen LogP) is 1.73. The molecule has 2 atom stereocenters. The number of hydrogen-bond donors (Lipinski definition) is 2. The molecule has 92 valence electrons. The van der Waals surface area contributed by atoms with Gasteiger partial charge in [-0.25, -0.2) is 9.97 Å². The maximum atomic E-state index is 8.97. The molecule has 0 bridgehead atoms. The minimum Gasteiger partial charge on any atom is -0.394 e. The second-order valence-corrected chi connectivity index (χ2v) is 4.80. The number of thiophene rings is 1. The first-order valence-corrected chi connectivity index (χ1v) is 6.25. The van der Waals surface area contributed by atoms with E-state index in [0.717, 1.165) is 15.8 Å². The number of aromatic nitrogens is 2. The molecule has 6 heteroatoms. The summed E-state index contributed by atoms with van der Waals surface area (Å²) in [6.07, 6.45) is 1.14. The summed E-state index contributed by atoms with van der Waals surface area (Å²) in [7, 11) is 0. The van der Waals surface area contributed by atoms with Gasteiger partial charge in [-0.1, -0.05) is 0 Å². The van der Waals surface area contributed by atoms with Gasteiger partial charge in [0.25, 0.3) is 0 Å². The Morgan fingerprint density at radius 2 is 2.24 bits per heavy atom. The zero-order chi connectivity index (χ0) is 12.4. The molecule has 0 spiro atoms. The van der Waals surface area contributed by atoms with E-state index in [2.05, 4.69) is 9.97 Å². The van der Waals surface area contributed by atoms with E-state index in [-0.39, 0.29) is 18.8 Å². The lowest BCUT2D eigenvalue weighted by Crippen LogP contribution is -2.15. The van der Waals surface area contributed by atoms with Crippen LogP contribution in [0.5, 0.6) is 0 Å². The molecule has 5 nitrogen and oxygen atoms in total. The van der Waals surface area contributed by atoms with Crippen molar-refractivity contribution in [2.24, 2.45) is 0 Å². The standard InChI is InChI=1S/C11H15N3O2S/c1-6(3-15)16-7(2)10-9-8(4-17-10)11(12)14-5-13-9/h4-7,15H,3H2,1-2H3,(H2,12,13,14)/t6-,7+/m0/s1. The molecule has 0 fully saturated rings. The second kappa shape index (κ2) is 4.95. The van der Waals surface area contributed by atoms with E-state index in [1.54, 1.807) is 11.3 Å². The van der Waals surface area contributed by atoms with E-state index in [9.17, 15) is 0 Å². The highest BCUT2D eigenvalue weighted by Crippen LogP contribution is 2.33. The van der Waals surface area contributed by atoms with Gasteiger partial charge in [-0.3, -0.25) is 0 Å². The van der Waals surface area contributed by atoms with Crippen molar-refractivity contribution >= 4 is 28.1 Å². The van der Waals surface area contributed by atoms with Crippen molar-refractivity contribution in [3.05, 3.63) is 16.6 Å². The Labute approximate surface area is 103 Å². The van der Waals surface area contributed by atoms with E-state index in [4.69, 9.17) is 15.6 Å². The third-order valence-electron chi connectivity index (χ3n) is 2.51. The van der Waals surface area contributed by atoms with Gasteiger partial charge in [0.2, 0.25) is 0 Å². The highest BCUT2D eigenvalue weighted by atomic mass is 32.1. The van der Waals surface area contributed by atoms with Gasteiger partial charge in [-0.2, -0.15) is 0 Å². The van der Waals surface area contributed by atoms with E-state index in [1.807, 2.05) is 19.2 Å². The minimum absolute atomic E-state index is 0.00473. The van der Waals surface area contributed by atoms with Crippen LogP contribution >= 0.6 is 11.3 Å². The molecule has 0 aliphatic carbocycles. The van der Waals surface area contributed by atoms with Crippen LogP contribution in [-0.2, 0) is 4.74 Å². The maximum absolute atomic E-state index is 8.97. The lowest BCUT2D eigenvalue weighted by Gasteiger charge is -2.16. The smallest absolute Gasteiger partial charge is 0.135 e. The van der Waals surface area contributed by atoms with Crippen molar-refractivity contribution in [2.45, 2.75) is 26.1 Å². The summed E-state index contributed by atoms with van der Waals surface area (Å²) in [6.45, 7) is 3.77. The molecule has 2 heterocycles. The number of anilines is 1. The zero-order valence-electron chi connectivity index (χ0n) is 9.75. The largest absolute Gasteiger partial charge is 0.394 e. The van der Waals surface area contributed by atoms with Crippen LogP contribution in [0.3, 0.4) is 0 Å². The fourth-order valence-electron chi connectivity index (χ4n) is 1.64. The van der Waals surface area contributed by atoms with Crippen LogP contribution in [0.15, 0.2) is 11.7 Å². The molecular weight excluding hydrogens is 238 g/mol. The summed E-state index contributed by atoms with van der Waals surface area (Å²) in [5.41, 5.74) is 6.61. The Bertz CT molecular complexity index is 514. The lowest BCUT2D eigenvalue weighted by molar-refractivity contribution is -0.0199. The number of rotatable bonds is 4. The van der Waals surface area contributed by atoms with Gasteiger partial charge in [0.1, 0.15) is 12.1 Å². The fourth-order valence-corrected chi connectivity index (χ4v) is 2.64. The molecule has 2 aromatic rings. The number of nitrogen functional groups attached to an aromatic ring is 1. The van der Waals surface area contributed by atoms with Crippen LogP contribution < -0.4 is 5.73 Å². The number of nitrogens with two attached hydrogens (primary N) is 1. The molecule has 2 aromatic heterocycles. The molecule has 0 radical (unpaired) electrons. The summed E-state index contributed by atoms with van der Waals surface area (Å²) in [5, 5.41) is 11.8. The van der Waals surface area contributed by atoms with E-state index >= 15 is 0 Å². The van der Waals surface area contributed by atoms with Crippen molar-refractivity contribution in [3.63, 3.8) is 0 Å². The Morgan fingerprint density at radius 1 is 1.47 bits per heavy atom. The molecule has 0 saturated carbocycles. The molecule has 0 unspecified atom stereocenters. The monoisotopic (exact) mass is 253 g/mol. The first-order valence-electron chi connectivity index (χ1n) is 5.37. The molecule has 3 N–H and O–H groups in total. The number of ether oxygens (including phenoxy) is 1. The van der Waals surface area contributed by atoms with Crippen molar-refractivity contribution < 1.29 is 9.84 Å². The quantitative estimate of drug-likeness (QED) is 0.867. The Hall–Kier alpha value is -1.24. The maximum Gasteiger partial charge on any atom is 0.135 e. The summed E-state index contributed by atoms with van der Waals surface area (Å²) >= 11 is 1.55. The topological polar surface area (TPSA) is 81.3 Å². The average molecular weight is 253 g/mol. The highest BCUT2D eigenvalue weighted by Gasteiger charge is 2.17. The number of aliphatic hydroxyl groups is 1. The van der Waals surface area contributed by atoms with Gasteiger partial charge in [0.05, 0.1) is 34.6 Å². The van der Waals surface area contributed by atoms with Crippen LogP contribution in [0.4, 0.5) is 5.82 Å². The Balaban J connectivity index is 2.33. The number of aliphatic hydroxyl groups excluding tert-OH is 1. The normalized spacial score (nSPS) is 15.0. The van der Waals surface area contributed by atoms with Gasteiger partial charge in [-0.15, -0.1) is 11.3 Å². The number of fused-ring (bicyclic) bond motifs is 1. The van der Waals surface area contributed by atoms with E-state index < -0.39 is 0 Å². The fraction of sp³-hybridized carbons (Fsp3) is 0.455. The molecule has 0 aliphatic rings. The van der Waals surface area contributed by atoms with Crippen molar-refractivity contribution in [2.75, 3.05) is 12.3 Å². The van der Waals surface area contributed by atoms with Crippen LogP contribution in [0.25, 0.3) is 10.9 Å². The minimum atomic E-state index is -0.193. The van der Waals surface area contributed by atoms with Crippen LogP contribution in [-0.4, -0.2) is 27.8 Å². The summed E-state index contributed by atoms with van der Waals surface area (Å²) < 4.78 is 5.65. The van der Waals surface area contributed by atoms with Gasteiger partial charge in [0, 0.05) is 5.38 Å². The first-order chi connectivity index (χ1) is 8.13. The molecular formula is C11H15N3O2S. The summed E-state index contributed by atoms with van der Waals surface area (Å²) in [6, 6.07) is 0. The van der Waals surface area contributed by atoms with Gasteiger partial charge in [0.15, 0.2) is 0 Å². The van der Waals surface area contributed by atoms with E-state index in [0.29, 0.717) is 5.82 Å². The Morgan fingerprint density at radius 3 is 2.94 bits per heavy atom. The first kappa shape index (κ1) is 12.2. The Kier molecular flexibility index (Phi) is 3.56. The molecule has 0 aliphatic heterocycles. The highest BCUT2D eigenvalue weighted by molar-refractivity contribution is 7.11.